The maximum atomic E-state index is 12.7. The number of piperidine rings is 1. The second-order valence-corrected chi connectivity index (χ2v) is 6.62. The number of benzene rings is 1. The highest BCUT2D eigenvalue weighted by Crippen LogP contribution is 2.21. The number of amides is 1. The van der Waals surface area contributed by atoms with E-state index in [0.29, 0.717) is 31.4 Å². The van der Waals surface area contributed by atoms with Crippen LogP contribution in [0.2, 0.25) is 0 Å². The summed E-state index contributed by atoms with van der Waals surface area (Å²) in [5.41, 5.74) is 2.11. The lowest BCUT2D eigenvalue weighted by Crippen LogP contribution is -2.42. The first-order valence-corrected chi connectivity index (χ1v) is 9.09. The summed E-state index contributed by atoms with van der Waals surface area (Å²) in [7, 11) is 1.52. The summed E-state index contributed by atoms with van der Waals surface area (Å²) >= 11 is 0. The molecule has 27 heavy (non-hydrogen) atoms. The fourth-order valence-electron chi connectivity index (χ4n) is 3.44. The first kappa shape index (κ1) is 17.3. The summed E-state index contributed by atoms with van der Waals surface area (Å²) in [5.74, 6) is 0.660. The van der Waals surface area contributed by atoms with Gasteiger partial charge in [-0.2, -0.15) is 4.98 Å². The molecule has 1 aliphatic heterocycles. The molecule has 1 saturated heterocycles. The van der Waals surface area contributed by atoms with Crippen LogP contribution in [-0.2, 0) is 11.2 Å². The van der Waals surface area contributed by atoms with Crippen LogP contribution in [-0.4, -0.2) is 52.1 Å². The lowest BCUT2D eigenvalue weighted by Gasteiger charge is -2.32. The van der Waals surface area contributed by atoms with Gasteiger partial charge in [-0.3, -0.25) is 4.79 Å². The van der Waals surface area contributed by atoms with Gasteiger partial charge < -0.3 is 19.4 Å². The lowest BCUT2D eigenvalue weighted by atomic mass is 10.1. The van der Waals surface area contributed by atoms with E-state index in [0.717, 1.165) is 29.3 Å². The van der Waals surface area contributed by atoms with Crippen LogP contribution in [0.15, 0.2) is 42.7 Å². The van der Waals surface area contributed by atoms with Gasteiger partial charge in [0.2, 0.25) is 11.8 Å². The number of hydrogen-bond acceptors (Lipinski definition) is 5. The minimum Gasteiger partial charge on any atom is -0.474 e. The van der Waals surface area contributed by atoms with E-state index in [1.807, 2.05) is 35.4 Å². The molecule has 140 valence electrons. The molecular formula is C20H22N4O3. The molecule has 1 amide bonds. The van der Waals surface area contributed by atoms with Gasteiger partial charge >= 0.3 is 6.01 Å². The van der Waals surface area contributed by atoms with Crippen LogP contribution in [0.1, 0.15) is 18.4 Å². The number of carbonyl (C=O) groups is 1. The Kier molecular flexibility index (Phi) is 4.91. The summed E-state index contributed by atoms with van der Waals surface area (Å²) < 4.78 is 10.9. The van der Waals surface area contributed by atoms with Crippen LogP contribution in [0.25, 0.3) is 10.9 Å². The van der Waals surface area contributed by atoms with E-state index >= 15 is 0 Å². The van der Waals surface area contributed by atoms with E-state index in [1.165, 1.54) is 7.11 Å². The molecule has 3 heterocycles. The first-order chi connectivity index (χ1) is 13.2. The van der Waals surface area contributed by atoms with Gasteiger partial charge in [-0.05, 0) is 11.6 Å². The monoisotopic (exact) mass is 366 g/mol. The van der Waals surface area contributed by atoms with Gasteiger partial charge in [-0.25, -0.2) is 4.98 Å². The number of nitrogens with one attached hydrogen (secondary N) is 1. The van der Waals surface area contributed by atoms with E-state index in [4.69, 9.17) is 9.47 Å². The third-order valence-corrected chi connectivity index (χ3v) is 4.89. The topological polar surface area (TPSA) is 80.3 Å². The highest BCUT2D eigenvalue weighted by Gasteiger charge is 2.25. The summed E-state index contributed by atoms with van der Waals surface area (Å²) in [6.07, 6.45) is 5.57. The van der Waals surface area contributed by atoms with Crippen LogP contribution < -0.4 is 9.47 Å². The third-order valence-electron chi connectivity index (χ3n) is 4.89. The standard InChI is InChI=1S/C20H22N4O3/c1-26-20-21-9-6-18(23-20)27-15-7-10-24(11-8-15)19(25)12-14-13-22-17-5-3-2-4-16(14)17/h2-6,9,13,15,22H,7-8,10-12H2,1H3. The quantitative estimate of drug-likeness (QED) is 0.751. The number of rotatable bonds is 5. The zero-order valence-electron chi connectivity index (χ0n) is 15.2. The molecule has 4 rings (SSSR count). The fourth-order valence-corrected chi connectivity index (χ4v) is 3.44. The Morgan fingerprint density at radius 1 is 1.26 bits per heavy atom. The summed E-state index contributed by atoms with van der Waals surface area (Å²) in [5, 5.41) is 1.11. The molecule has 1 aromatic carbocycles. The molecule has 2 aromatic heterocycles. The molecule has 1 fully saturated rings. The Morgan fingerprint density at radius 3 is 2.89 bits per heavy atom. The fraction of sp³-hybridized carbons (Fsp3) is 0.350. The van der Waals surface area contributed by atoms with Gasteiger partial charge in [0.1, 0.15) is 6.10 Å². The summed E-state index contributed by atoms with van der Waals surface area (Å²) in [4.78, 5) is 26.0. The third kappa shape index (κ3) is 3.86. The van der Waals surface area contributed by atoms with E-state index in [2.05, 4.69) is 15.0 Å². The maximum Gasteiger partial charge on any atom is 0.319 e. The van der Waals surface area contributed by atoms with Gasteiger partial charge in [0.25, 0.3) is 0 Å². The largest absolute Gasteiger partial charge is 0.474 e. The van der Waals surface area contributed by atoms with Gasteiger partial charge in [-0.15, -0.1) is 0 Å². The minimum absolute atomic E-state index is 0.0433. The second-order valence-electron chi connectivity index (χ2n) is 6.62. The SMILES string of the molecule is COc1nccc(OC2CCN(C(=O)Cc3c[nH]c4ccccc34)CC2)n1. The number of aromatic nitrogens is 3. The molecule has 0 atom stereocenters. The van der Waals surface area contributed by atoms with E-state index in [-0.39, 0.29) is 12.0 Å². The maximum absolute atomic E-state index is 12.7. The average molecular weight is 366 g/mol. The Labute approximate surface area is 157 Å². The van der Waals surface area contributed by atoms with Crippen LogP contribution in [0.3, 0.4) is 0 Å². The molecule has 0 aliphatic carbocycles. The molecule has 1 aliphatic rings. The Balaban J connectivity index is 1.32. The molecule has 7 heteroatoms. The van der Waals surface area contributed by atoms with Crippen molar-refractivity contribution in [2.45, 2.75) is 25.4 Å². The molecule has 3 aromatic rings. The number of aromatic amines is 1. The number of carbonyl (C=O) groups excluding carboxylic acids is 1. The van der Waals surface area contributed by atoms with Gasteiger partial charge in [0, 0.05) is 55.3 Å². The molecular weight excluding hydrogens is 344 g/mol. The Bertz CT molecular complexity index is 932. The van der Waals surface area contributed by atoms with Crippen molar-refractivity contribution in [3.05, 3.63) is 48.3 Å². The summed E-state index contributed by atoms with van der Waals surface area (Å²) in [6.45, 7) is 1.38. The molecule has 0 spiro atoms. The smallest absolute Gasteiger partial charge is 0.319 e. The minimum atomic E-state index is 0.0433. The Hall–Kier alpha value is -3.09. The highest BCUT2D eigenvalue weighted by molar-refractivity contribution is 5.88. The number of fused-ring (bicyclic) bond motifs is 1. The predicted octanol–water partition coefficient (Wildman–Crippen LogP) is 2.58. The molecule has 0 unspecified atom stereocenters. The second kappa shape index (κ2) is 7.65. The van der Waals surface area contributed by atoms with Crippen molar-refractivity contribution in [1.29, 1.82) is 0 Å². The van der Waals surface area contributed by atoms with E-state index < -0.39 is 0 Å². The average Bonchev–Trinajstić information content (AvgIpc) is 3.11. The zero-order chi connectivity index (χ0) is 18.6. The number of methoxy groups -OCH3 is 1. The first-order valence-electron chi connectivity index (χ1n) is 9.09. The van der Waals surface area contributed by atoms with Crippen LogP contribution >= 0.6 is 0 Å². The summed E-state index contributed by atoms with van der Waals surface area (Å²) in [6, 6.07) is 10.1. The highest BCUT2D eigenvalue weighted by atomic mass is 16.5. The van der Waals surface area contributed by atoms with Crippen molar-refractivity contribution in [1.82, 2.24) is 19.9 Å². The van der Waals surface area contributed by atoms with E-state index in [1.54, 1.807) is 12.3 Å². The number of para-hydroxylation sites is 1. The van der Waals surface area contributed by atoms with Crippen molar-refractivity contribution >= 4 is 16.8 Å². The molecule has 1 N–H and O–H groups in total. The molecule has 0 radical (unpaired) electrons. The van der Waals surface area contributed by atoms with Crippen molar-refractivity contribution in [2.75, 3.05) is 20.2 Å². The van der Waals surface area contributed by atoms with Crippen LogP contribution in [0.5, 0.6) is 11.9 Å². The molecule has 0 bridgehead atoms. The molecule has 0 saturated carbocycles. The van der Waals surface area contributed by atoms with Crippen molar-refractivity contribution < 1.29 is 14.3 Å². The number of hydrogen-bond donors (Lipinski definition) is 1. The van der Waals surface area contributed by atoms with Gasteiger partial charge in [-0.1, -0.05) is 18.2 Å². The molecule has 7 nitrogen and oxygen atoms in total. The van der Waals surface area contributed by atoms with Gasteiger partial charge in [0.15, 0.2) is 0 Å². The number of nitrogens with zero attached hydrogens (tertiary/aromatic N) is 3. The van der Waals surface area contributed by atoms with Crippen LogP contribution in [0, 0.1) is 0 Å². The van der Waals surface area contributed by atoms with Crippen molar-refractivity contribution in [2.24, 2.45) is 0 Å². The van der Waals surface area contributed by atoms with Crippen molar-refractivity contribution in [3.8, 4) is 11.9 Å². The predicted molar refractivity (Wildman–Crippen MR) is 101 cm³/mol. The number of H-pyrrole nitrogens is 1. The Morgan fingerprint density at radius 2 is 2.07 bits per heavy atom. The normalized spacial score (nSPS) is 15.1. The van der Waals surface area contributed by atoms with Crippen molar-refractivity contribution in [3.63, 3.8) is 0 Å². The van der Waals surface area contributed by atoms with Gasteiger partial charge in [0.05, 0.1) is 13.5 Å². The number of likely N-dealkylation sites (tertiary alicyclic amines) is 1. The lowest BCUT2D eigenvalue weighted by molar-refractivity contribution is -0.132. The number of ether oxygens (including phenoxy) is 2. The van der Waals surface area contributed by atoms with E-state index in [9.17, 15) is 4.79 Å². The zero-order valence-corrected chi connectivity index (χ0v) is 15.2. The van der Waals surface area contributed by atoms with Crippen LogP contribution in [0.4, 0.5) is 0 Å².